The van der Waals surface area contributed by atoms with E-state index in [1.54, 1.807) is 6.08 Å². The molecule has 0 aliphatic carbocycles. The standard InChI is InChI=1S/C18H32N2O2S/c1-11(2)8-14-15(22-18(4,5)6)10-17(21)20(14)13-9-16(23-7)19-12(13)3/h10-14,16,19H,8-9H2,1-7H3/t12-,13-,14-,16?/m0/s1. The van der Waals surface area contributed by atoms with Crippen molar-refractivity contribution in [2.24, 2.45) is 5.92 Å². The maximum absolute atomic E-state index is 12.7. The van der Waals surface area contributed by atoms with Crippen LogP contribution >= 0.6 is 11.8 Å². The minimum atomic E-state index is -0.279. The molecule has 1 saturated heterocycles. The van der Waals surface area contributed by atoms with E-state index < -0.39 is 0 Å². The zero-order valence-corrected chi connectivity index (χ0v) is 16.4. The Morgan fingerprint density at radius 3 is 2.57 bits per heavy atom. The third kappa shape index (κ3) is 4.44. The van der Waals surface area contributed by atoms with Crippen molar-refractivity contribution in [3.8, 4) is 0 Å². The van der Waals surface area contributed by atoms with Crippen LogP contribution in [0.5, 0.6) is 0 Å². The van der Waals surface area contributed by atoms with Crippen molar-refractivity contribution >= 4 is 17.7 Å². The minimum Gasteiger partial charge on any atom is -0.490 e. The zero-order valence-electron chi connectivity index (χ0n) is 15.6. The van der Waals surface area contributed by atoms with E-state index in [1.165, 1.54) is 0 Å². The fraction of sp³-hybridized carbons (Fsp3) is 0.833. The van der Waals surface area contributed by atoms with Crippen molar-refractivity contribution in [2.75, 3.05) is 6.26 Å². The van der Waals surface area contributed by atoms with Crippen molar-refractivity contribution in [3.63, 3.8) is 0 Å². The van der Waals surface area contributed by atoms with Crippen LogP contribution in [-0.2, 0) is 9.53 Å². The second-order valence-corrected chi connectivity index (χ2v) is 9.18. The van der Waals surface area contributed by atoms with Gasteiger partial charge in [-0.3, -0.25) is 4.79 Å². The summed E-state index contributed by atoms with van der Waals surface area (Å²) in [6.45, 7) is 12.7. The largest absolute Gasteiger partial charge is 0.490 e. The molecule has 0 spiro atoms. The van der Waals surface area contributed by atoms with Gasteiger partial charge >= 0.3 is 0 Å². The van der Waals surface area contributed by atoms with Crippen LogP contribution in [0.1, 0.15) is 54.4 Å². The zero-order chi connectivity index (χ0) is 17.4. The number of hydrogen-bond donors (Lipinski definition) is 1. The van der Waals surface area contributed by atoms with Crippen molar-refractivity contribution < 1.29 is 9.53 Å². The Kier molecular flexibility index (Phi) is 5.72. The number of hydrogen-bond acceptors (Lipinski definition) is 4. The maximum atomic E-state index is 12.7. The van der Waals surface area contributed by atoms with E-state index in [-0.39, 0.29) is 23.6 Å². The van der Waals surface area contributed by atoms with Crippen LogP contribution in [0.4, 0.5) is 0 Å². The first-order valence-corrected chi connectivity index (χ1v) is 9.93. The molecular weight excluding hydrogens is 308 g/mol. The maximum Gasteiger partial charge on any atom is 0.250 e. The lowest BCUT2D eigenvalue weighted by atomic mass is 9.99. The first kappa shape index (κ1) is 18.7. The van der Waals surface area contributed by atoms with Crippen LogP contribution in [0.3, 0.4) is 0 Å². The van der Waals surface area contributed by atoms with Crippen molar-refractivity contribution in [2.45, 2.75) is 83.5 Å². The summed E-state index contributed by atoms with van der Waals surface area (Å²) in [4.78, 5) is 14.8. The average Bonchev–Trinajstić information content (AvgIpc) is 2.88. The number of ether oxygens (including phenoxy) is 1. The van der Waals surface area contributed by atoms with Crippen LogP contribution in [0, 0.1) is 5.92 Å². The summed E-state index contributed by atoms with van der Waals surface area (Å²) in [5, 5.41) is 4.02. The molecule has 1 fully saturated rings. The molecule has 1 amide bonds. The molecule has 0 aromatic heterocycles. The van der Waals surface area contributed by atoms with Gasteiger partial charge in [-0.25, -0.2) is 0 Å². The lowest BCUT2D eigenvalue weighted by molar-refractivity contribution is -0.129. The molecule has 4 atom stereocenters. The molecule has 4 nitrogen and oxygen atoms in total. The Hall–Kier alpha value is -0.680. The van der Waals surface area contributed by atoms with Crippen molar-refractivity contribution in [1.82, 2.24) is 10.2 Å². The predicted molar refractivity (Wildman–Crippen MR) is 97.3 cm³/mol. The summed E-state index contributed by atoms with van der Waals surface area (Å²) in [5.41, 5.74) is -0.279. The van der Waals surface area contributed by atoms with Gasteiger partial charge in [0.15, 0.2) is 0 Å². The Morgan fingerprint density at radius 1 is 1.43 bits per heavy atom. The SMILES string of the molecule is CSC1C[C@H](N2C(=O)C=C(OC(C)(C)C)[C@@H]2CC(C)C)[C@H](C)N1. The van der Waals surface area contributed by atoms with E-state index >= 15 is 0 Å². The lowest BCUT2D eigenvalue weighted by Crippen LogP contribution is -2.49. The van der Waals surface area contributed by atoms with E-state index in [0.717, 1.165) is 18.6 Å². The fourth-order valence-electron chi connectivity index (χ4n) is 3.52. The quantitative estimate of drug-likeness (QED) is 0.833. The molecule has 2 rings (SSSR count). The van der Waals surface area contributed by atoms with Gasteiger partial charge in [0.25, 0.3) is 5.91 Å². The molecule has 2 aliphatic heterocycles. The van der Waals surface area contributed by atoms with Crippen LogP contribution in [-0.4, -0.2) is 46.2 Å². The molecule has 2 aliphatic rings. The monoisotopic (exact) mass is 340 g/mol. The first-order valence-electron chi connectivity index (χ1n) is 8.64. The summed E-state index contributed by atoms with van der Waals surface area (Å²) in [7, 11) is 0. The molecule has 23 heavy (non-hydrogen) atoms. The highest BCUT2D eigenvalue weighted by atomic mass is 32.2. The van der Waals surface area contributed by atoms with Gasteiger partial charge < -0.3 is 15.0 Å². The highest BCUT2D eigenvalue weighted by Crippen LogP contribution is 2.35. The number of carbonyl (C=O) groups excluding carboxylic acids is 1. The molecule has 132 valence electrons. The molecule has 5 heteroatoms. The Balaban J connectivity index is 2.23. The van der Waals surface area contributed by atoms with Gasteiger partial charge in [-0.15, -0.1) is 11.8 Å². The predicted octanol–water partition coefficient (Wildman–Crippen LogP) is 3.38. The number of nitrogens with zero attached hydrogens (tertiary/aromatic N) is 1. The number of amides is 1. The summed E-state index contributed by atoms with van der Waals surface area (Å²) >= 11 is 1.83. The van der Waals surface area contributed by atoms with Gasteiger partial charge in [-0.1, -0.05) is 13.8 Å². The first-order chi connectivity index (χ1) is 10.6. The van der Waals surface area contributed by atoms with Crippen LogP contribution < -0.4 is 5.32 Å². The normalized spacial score (nSPS) is 31.9. The molecule has 0 saturated carbocycles. The Bertz CT molecular complexity index is 470. The molecule has 0 aromatic rings. The third-order valence-electron chi connectivity index (χ3n) is 4.43. The fourth-order valence-corrected chi connectivity index (χ4v) is 4.26. The second kappa shape index (κ2) is 7.06. The topological polar surface area (TPSA) is 41.6 Å². The van der Waals surface area contributed by atoms with Gasteiger partial charge in [0.1, 0.15) is 11.4 Å². The van der Waals surface area contributed by atoms with Gasteiger partial charge in [0.05, 0.1) is 17.5 Å². The van der Waals surface area contributed by atoms with Crippen molar-refractivity contribution in [1.29, 1.82) is 0 Å². The highest BCUT2D eigenvalue weighted by Gasteiger charge is 2.45. The summed E-state index contributed by atoms with van der Waals surface area (Å²) in [5.74, 6) is 1.47. The molecule has 0 bridgehead atoms. The van der Waals surface area contributed by atoms with Gasteiger partial charge in [-0.05, 0) is 52.7 Å². The second-order valence-electron chi connectivity index (χ2n) is 8.13. The molecule has 1 unspecified atom stereocenters. The lowest BCUT2D eigenvalue weighted by Gasteiger charge is -2.36. The van der Waals surface area contributed by atoms with Gasteiger partial charge in [0, 0.05) is 12.1 Å². The Morgan fingerprint density at radius 2 is 2.09 bits per heavy atom. The molecule has 0 radical (unpaired) electrons. The van der Waals surface area contributed by atoms with E-state index in [4.69, 9.17) is 4.74 Å². The summed E-state index contributed by atoms with van der Waals surface area (Å²) in [6.07, 6.45) is 5.79. The van der Waals surface area contributed by atoms with E-state index in [9.17, 15) is 4.79 Å². The van der Waals surface area contributed by atoms with E-state index in [2.05, 4.69) is 37.2 Å². The van der Waals surface area contributed by atoms with E-state index in [1.807, 2.05) is 32.5 Å². The van der Waals surface area contributed by atoms with Crippen LogP contribution in [0.15, 0.2) is 11.8 Å². The minimum absolute atomic E-state index is 0.0663. The van der Waals surface area contributed by atoms with Crippen molar-refractivity contribution in [3.05, 3.63) is 11.8 Å². The van der Waals surface area contributed by atoms with Crippen LogP contribution in [0.2, 0.25) is 0 Å². The number of nitrogens with one attached hydrogen (secondary N) is 1. The molecule has 1 N–H and O–H groups in total. The summed E-state index contributed by atoms with van der Waals surface area (Å²) in [6, 6.07) is 0.617. The average molecular weight is 341 g/mol. The van der Waals surface area contributed by atoms with E-state index in [0.29, 0.717) is 17.3 Å². The number of carbonyl (C=O) groups is 1. The number of rotatable bonds is 5. The molecular formula is C18H32N2O2S. The van der Waals surface area contributed by atoms with Gasteiger partial charge in [-0.2, -0.15) is 0 Å². The Labute approximate surface area is 145 Å². The smallest absolute Gasteiger partial charge is 0.250 e. The number of thioether (sulfide) groups is 1. The van der Waals surface area contributed by atoms with Crippen LogP contribution in [0.25, 0.3) is 0 Å². The molecule has 0 aromatic carbocycles. The van der Waals surface area contributed by atoms with Gasteiger partial charge in [0.2, 0.25) is 0 Å². The highest BCUT2D eigenvalue weighted by molar-refractivity contribution is 7.99. The summed E-state index contributed by atoms with van der Waals surface area (Å²) < 4.78 is 6.13. The third-order valence-corrected chi connectivity index (χ3v) is 5.32. The molecule has 2 heterocycles.